The summed E-state index contributed by atoms with van der Waals surface area (Å²) in [7, 11) is 1.58. The van der Waals surface area contributed by atoms with Gasteiger partial charge in [-0.05, 0) is 43.7 Å². The highest BCUT2D eigenvalue weighted by Crippen LogP contribution is 2.31. The summed E-state index contributed by atoms with van der Waals surface area (Å²) in [6.07, 6.45) is -0.793. The zero-order chi connectivity index (χ0) is 19.4. The number of methoxy groups -OCH3 is 1. The Morgan fingerprint density at radius 3 is 2.37 bits per heavy atom. The fraction of sp³-hybridized carbons (Fsp3) is 0.333. The number of ether oxygens (including phenoxy) is 3. The SMILES string of the molecule is COc1ccc(N2CC(c3ccccc3)OC(=O)C2C(=O)OC(C)C)cc1. The molecule has 0 bridgehead atoms. The molecule has 0 aromatic heterocycles. The van der Waals surface area contributed by atoms with E-state index < -0.39 is 24.1 Å². The van der Waals surface area contributed by atoms with Crippen molar-refractivity contribution < 1.29 is 23.8 Å². The Morgan fingerprint density at radius 2 is 1.78 bits per heavy atom. The average Bonchev–Trinajstić information content (AvgIpc) is 2.67. The topological polar surface area (TPSA) is 65.1 Å². The summed E-state index contributed by atoms with van der Waals surface area (Å²) < 4.78 is 16.1. The molecule has 1 fully saturated rings. The van der Waals surface area contributed by atoms with Crippen molar-refractivity contribution in [3.05, 3.63) is 60.2 Å². The molecule has 142 valence electrons. The van der Waals surface area contributed by atoms with Gasteiger partial charge >= 0.3 is 11.9 Å². The van der Waals surface area contributed by atoms with Crippen LogP contribution in [0.3, 0.4) is 0 Å². The molecule has 0 spiro atoms. The lowest BCUT2D eigenvalue weighted by Crippen LogP contribution is -2.55. The highest BCUT2D eigenvalue weighted by molar-refractivity contribution is 6.03. The molecular formula is C21H23NO5. The smallest absolute Gasteiger partial charge is 0.341 e. The second-order valence-corrected chi connectivity index (χ2v) is 6.57. The maximum absolute atomic E-state index is 12.7. The van der Waals surface area contributed by atoms with Crippen LogP contribution in [0.25, 0.3) is 0 Å². The van der Waals surface area contributed by atoms with Crippen LogP contribution < -0.4 is 9.64 Å². The minimum atomic E-state index is -1.14. The predicted molar refractivity (Wildman–Crippen MR) is 101 cm³/mol. The van der Waals surface area contributed by atoms with Crippen LogP contribution in [-0.4, -0.2) is 37.7 Å². The molecule has 2 aromatic carbocycles. The van der Waals surface area contributed by atoms with Crippen LogP contribution in [0.15, 0.2) is 54.6 Å². The van der Waals surface area contributed by atoms with E-state index in [0.717, 1.165) is 11.3 Å². The maximum Gasteiger partial charge on any atom is 0.341 e. The van der Waals surface area contributed by atoms with Crippen molar-refractivity contribution in [3.63, 3.8) is 0 Å². The second kappa shape index (κ2) is 8.12. The Balaban J connectivity index is 1.94. The molecule has 0 aliphatic carbocycles. The number of benzene rings is 2. The lowest BCUT2D eigenvalue weighted by molar-refractivity contribution is -0.165. The fourth-order valence-electron chi connectivity index (χ4n) is 3.04. The third-order valence-corrected chi connectivity index (χ3v) is 4.31. The summed E-state index contributed by atoms with van der Waals surface area (Å²) in [5, 5.41) is 0. The zero-order valence-electron chi connectivity index (χ0n) is 15.6. The first kappa shape index (κ1) is 18.8. The molecule has 2 unspecified atom stereocenters. The van der Waals surface area contributed by atoms with Crippen molar-refractivity contribution >= 4 is 17.6 Å². The van der Waals surface area contributed by atoms with E-state index in [1.54, 1.807) is 38.0 Å². The van der Waals surface area contributed by atoms with E-state index in [0.29, 0.717) is 12.3 Å². The molecule has 1 saturated heterocycles. The van der Waals surface area contributed by atoms with Gasteiger partial charge in [0.25, 0.3) is 0 Å². The number of morpholine rings is 1. The molecule has 0 saturated carbocycles. The predicted octanol–water partition coefficient (Wildman–Crippen LogP) is 3.12. The molecule has 1 heterocycles. The molecule has 2 atom stereocenters. The van der Waals surface area contributed by atoms with E-state index in [2.05, 4.69) is 0 Å². The van der Waals surface area contributed by atoms with Crippen molar-refractivity contribution in [2.75, 3.05) is 18.6 Å². The van der Waals surface area contributed by atoms with Crippen molar-refractivity contribution in [3.8, 4) is 5.75 Å². The number of rotatable bonds is 5. The van der Waals surface area contributed by atoms with E-state index in [4.69, 9.17) is 14.2 Å². The highest BCUT2D eigenvalue weighted by atomic mass is 16.6. The van der Waals surface area contributed by atoms with Crippen LogP contribution in [0.2, 0.25) is 0 Å². The van der Waals surface area contributed by atoms with E-state index in [-0.39, 0.29) is 6.10 Å². The number of esters is 2. The average molecular weight is 369 g/mol. The molecule has 27 heavy (non-hydrogen) atoms. The van der Waals surface area contributed by atoms with E-state index in [1.165, 1.54) is 0 Å². The summed E-state index contributed by atoms with van der Waals surface area (Å²) in [5.74, 6) is -0.534. The minimum Gasteiger partial charge on any atom is -0.497 e. The highest BCUT2D eigenvalue weighted by Gasteiger charge is 2.43. The zero-order valence-corrected chi connectivity index (χ0v) is 15.6. The number of nitrogens with zero attached hydrogens (tertiary/aromatic N) is 1. The van der Waals surface area contributed by atoms with Gasteiger partial charge in [-0.15, -0.1) is 0 Å². The molecule has 0 N–H and O–H groups in total. The van der Waals surface area contributed by atoms with E-state index in [9.17, 15) is 9.59 Å². The first-order valence-corrected chi connectivity index (χ1v) is 8.86. The van der Waals surface area contributed by atoms with Gasteiger partial charge in [-0.3, -0.25) is 0 Å². The molecule has 0 radical (unpaired) electrons. The largest absolute Gasteiger partial charge is 0.497 e. The van der Waals surface area contributed by atoms with Gasteiger partial charge in [0.05, 0.1) is 19.8 Å². The molecule has 1 aliphatic rings. The molecule has 2 aromatic rings. The van der Waals surface area contributed by atoms with E-state index >= 15 is 0 Å². The van der Waals surface area contributed by atoms with Crippen LogP contribution in [0.4, 0.5) is 5.69 Å². The lowest BCUT2D eigenvalue weighted by Gasteiger charge is -2.38. The molecule has 6 heteroatoms. The number of anilines is 1. The van der Waals surface area contributed by atoms with Crippen molar-refractivity contribution in [2.45, 2.75) is 32.1 Å². The van der Waals surface area contributed by atoms with Crippen LogP contribution >= 0.6 is 0 Å². The third kappa shape index (κ3) is 4.22. The molecule has 1 aliphatic heterocycles. The number of carbonyl (C=O) groups is 2. The van der Waals surface area contributed by atoms with Gasteiger partial charge in [0.2, 0.25) is 6.04 Å². The van der Waals surface area contributed by atoms with Gasteiger partial charge in [0.15, 0.2) is 0 Å². The number of carbonyl (C=O) groups excluding carboxylic acids is 2. The van der Waals surface area contributed by atoms with Crippen molar-refractivity contribution in [1.82, 2.24) is 0 Å². The van der Waals surface area contributed by atoms with Crippen LogP contribution in [0, 0.1) is 0 Å². The van der Waals surface area contributed by atoms with Crippen LogP contribution in [0.1, 0.15) is 25.5 Å². The quantitative estimate of drug-likeness (QED) is 0.596. The second-order valence-electron chi connectivity index (χ2n) is 6.57. The van der Waals surface area contributed by atoms with Gasteiger partial charge in [-0.2, -0.15) is 0 Å². The van der Waals surface area contributed by atoms with Crippen molar-refractivity contribution in [1.29, 1.82) is 0 Å². The van der Waals surface area contributed by atoms with E-state index in [1.807, 2.05) is 42.5 Å². The monoisotopic (exact) mass is 369 g/mol. The first-order valence-electron chi connectivity index (χ1n) is 8.86. The summed E-state index contributed by atoms with van der Waals surface area (Å²) in [6.45, 7) is 3.84. The van der Waals surface area contributed by atoms with Gasteiger partial charge in [0.1, 0.15) is 11.9 Å². The summed E-state index contributed by atoms with van der Waals surface area (Å²) in [6, 6.07) is 15.5. The summed E-state index contributed by atoms with van der Waals surface area (Å²) >= 11 is 0. The fourth-order valence-corrected chi connectivity index (χ4v) is 3.04. The van der Waals surface area contributed by atoms with Gasteiger partial charge < -0.3 is 19.1 Å². The van der Waals surface area contributed by atoms with Crippen molar-refractivity contribution in [2.24, 2.45) is 0 Å². The molecule has 6 nitrogen and oxygen atoms in total. The molecule has 0 amide bonds. The molecular weight excluding hydrogens is 346 g/mol. The lowest BCUT2D eigenvalue weighted by atomic mass is 10.0. The standard InChI is InChI=1S/C21H23NO5/c1-14(2)26-20(23)19-21(24)27-18(15-7-5-4-6-8-15)13-22(19)16-9-11-17(25-3)12-10-16/h4-12,14,18-19H,13H2,1-3H3. The number of cyclic esters (lactones) is 1. The normalized spacial score (nSPS) is 19.6. The Labute approximate surface area is 158 Å². The number of hydrogen-bond donors (Lipinski definition) is 0. The molecule has 3 rings (SSSR count). The Morgan fingerprint density at radius 1 is 1.11 bits per heavy atom. The Bertz CT molecular complexity index is 788. The Kier molecular flexibility index (Phi) is 5.64. The van der Waals surface area contributed by atoms with Gasteiger partial charge in [0, 0.05) is 5.69 Å². The minimum absolute atomic E-state index is 0.324. The maximum atomic E-state index is 12.7. The summed E-state index contributed by atoms with van der Waals surface area (Å²) in [5.41, 5.74) is 1.60. The van der Waals surface area contributed by atoms with Gasteiger partial charge in [-0.1, -0.05) is 30.3 Å². The first-order chi connectivity index (χ1) is 13.0. The van der Waals surface area contributed by atoms with Gasteiger partial charge in [-0.25, -0.2) is 9.59 Å². The number of hydrogen-bond acceptors (Lipinski definition) is 6. The summed E-state index contributed by atoms with van der Waals surface area (Å²) in [4.78, 5) is 27.0. The Hall–Kier alpha value is -3.02. The third-order valence-electron chi connectivity index (χ3n) is 4.31. The van der Waals surface area contributed by atoms with Crippen LogP contribution in [0.5, 0.6) is 5.75 Å². The van der Waals surface area contributed by atoms with Crippen LogP contribution in [-0.2, 0) is 19.1 Å².